The summed E-state index contributed by atoms with van der Waals surface area (Å²) < 4.78 is 0. The van der Waals surface area contributed by atoms with E-state index < -0.39 is 0 Å². The van der Waals surface area contributed by atoms with E-state index in [1.54, 1.807) is 0 Å². The molecule has 0 radical (unpaired) electrons. The second kappa shape index (κ2) is 2.94. The van der Waals surface area contributed by atoms with Crippen molar-refractivity contribution in [1.29, 1.82) is 0 Å². The van der Waals surface area contributed by atoms with E-state index in [1.165, 1.54) is 5.56 Å². The molecule has 14 heavy (non-hydrogen) atoms. The highest BCUT2D eigenvalue weighted by Crippen LogP contribution is 2.41. The first kappa shape index (κ1) is 8.21. The summed E-state index contributed by atoms with van der Waals surface area (Å²) >= 11 is 0. The average Bonchev–Trinajstić information content (AvgIpc) is 2.33. The molecule has 2 atom stereocenters. The highest BCUT2D eigenvalue weighted by molar-refractivity contribution is 5.30. The van der Waals surface area contributed by atoms with E-state index in [-0.39, 0.29) is 11.7 Å². The van der Waals surface area contributed by atoms with E-state index in [4.69, 9.17) is 9.78 Å². The third-order valence-corrected chi connectivity index (χ3v) is 2.96. The summed E-state index contributed by atoms with van der Waals surface area (Å²) in [6.07, 6.45) is 6.45. The predicted octanol–water partition coefficient (Wildman–Crippen LogP) is 2.56. The number of rotatable bonds is 1. The van der Waals surface area contributed by atoms with Crippen LogP contribution in [0.2, 0.25) is 0 Å². The van der Waals surface area contributed by atoms with Crippen LogP contribution in [0.3, 0.4) is 0 Å². The zero-order chi connectivity index (χ0) is 9.43. The first-order valence-electron chi connectivity index (χ1n) is 4.98. The Bertz CT molecular complexity index is 348. The topological polar surface area (TPSA) is 18.5 Å². The third kappa shape index (κ3) is 1.11. The number of hydrogen-bond donors (Lipinski definition) is 0. The first-order valence-corrected chi connectivity index (χ1v) is 4.98. The summed E-state index contributed by atoms with van der Waals surface area (Å²) in [5, 5.41) is 0. The van der Waals surface area contributed by atoms with E-state index in [1.807, 2.05) is 18.2 Å². The van der Waals surface area contributed by atoms with Crippen LogP contribution in [0.15, 0.2) is 42.5 Å². The fourth-order valence-electron chi connectivity index (χ4n) is 2.11. The average molecular weight is 188 g/mol. The van der Waals surface area contributed by atoms with Crippen LogP contribution in [0.1, 0.15) is 18.4 Å². The van der Waals surface area contributed by atoms with Gasteiger partial charge in [0.1, 0.15) is 11.7 Å². The second-order valence-electron chi connectivity index (χ2n) is 3.87. The monoisotopic (exact) mass is 188 g/mol. The molecule has 1 aromatic rings. The summed E-state index contributed by atoms with van der Waals surface area (Å²) in [6.45, 7) is 0. The van der Waals surface area contributed by atoms with Gasteiger partial charge in [0.05, 0.1) is 0 Å². The van der Waals surface area contributed by atoms with Crippen LogP contribution in [0.4, 0.5) is 0 Å². The van der Waals surface area contributed by atoms with Crippen LogP contribution in [-0.4, -0.2) is 6.10 Å². The summed E-state index contributed by atoms with van der Waals surface area (Å²) in [6, 6.07) is 10.2. The van der Waals surface area contributed by atoms with Crippen molar-refractivity contribution in [2.24, 2.45) is 0 Å². The smallest absolute Gasteiger partial charge is 0.147 e. The fraction of sp³-hybridized carbons (Fsp3) is 0.333. The van der Waals surface area contributed by atoms with Crippen LogP contribution < -0.4 is 0 Å². The largest absolute Gasteiger partial charge is 0.228 e. The van der Waals surface area contributed by atoms with E-state index in [0.717, 1.165) is 12.8 Å². The molecule has 1 fully saturated rings. The Morgan fingerprint density at radius 1 is 1.21 bits per heavy atom. The minimum absolute atomic E-state index is 0.167. The molecular weight excluding hydrogens is 176 g/mol. The lowest BCUT2D eigenvalue weighted by Crippen LogP contribution is -2.39. The molecule has 1 saturated heterocycles. The summed E-state index contributed by atoms with van der Waals surface area (Å²) in [7, 11) is 0. The molecule has 0 N–H and O–H groups in total. The first-order chi connectivity index (χ1) is 6.89. The van der Waals surface area contributed by atoms with Gasteiger partial charge in [-0.05, 0) is 24.5 Å². The SMILES string of the molecule is C1=CC2(c3ccccc3)CCC1OO2. The van der Waals surface area contributed by atoms with E-state index in [2.05, 4.69) is 24.3 Å². The zero-order valence-electron chi connectivity index (χ0n) is 7.85. The normalized spacial score (nSPS) is 34.7. The molecule has 2 nitrogen and oxygen atoms in total. The maximum Gasteiger partial charge on any atom is 0.147 e. The molecule has 2 heterocycles. The third-order valence-electron chi connectivity index (χ3n) is 2.96. The Hall–Kier alpha value is -1.12. The standard InChI is InChI=1S/C12H12O2/c1-2-4-10(5-3-1)12-8-6-11(7-9-12)13-14-12/h1-6,8,11H,7,9H2. The van der Waals surface area contributed by atoms with Crippen molar-refractivity contribution in [3.63, 3.8) is 0 Å². The Balaban J connectivity index is 2.04. The number of benzene rings is 1. The molecule has 0 spiro atoms. The minimum Gasteiger partial charge on any atom is -0.228 e. The summed E-state index contributed by atoms with van der Waals surface area (Å²) in [5.74, 6) is 0. The van der Waals surface area contributed by atoms with Crippen LogP contribution in [-0.2, 0) is 15.4 Å². The van der Waals surface area contributed by atoms with Gasteiger partial charge in [-0.3, -0.25) is 0 Å². The fourth-order valence-corrected chi connectivity index (χ4v) is 2.11. The van der Waals surface area contributed by atoms with Crippen molar-refractivity contribution < 1.29 is 9.78 Å². The van der Waals surface area contributed by atoms with Gasteiger partial charge in [0.2, 0.25) is 0 Å². The van der Waals surface area contributed by atoms with Crippen LogP contribution >= 0.6 is 0 Å². The van der Waals surface area contributed by atoms with Gasteiger partial charge in [-0.25, -0.2) is 9.78 Å². The van der Waals surface area contributed by atoms with Gasteiger partial charge in [-0.2, -0.15) is 0 Å². The van der Waals surface area contributed by atoms with Crippen LogP contribution in [0.5, 0.6) is 0 Å². The highest BCUT2D eigenvalue weighted by Gasteiger charge is 2.40. The number of fused-ring (bicyclic) bond motifs is 2. The van der Waals surface area contributed by atoms with E-state index >= 15 is 0 Å². The molecule has 1 aromatic carbocycles. The molecule has 72 valence electrons. The summed E-state index contributed by atoms with van der Waals surface area (Å²) in [4.78, 5) is 10.7. The van der Waals surface area contributed by atoms with Gasteiger partial charge in [-0.15, -0.1) is 0 Å². The van der Waals surface area contributed by atoms with Crippen molar-refractivity contribution in [2.75, 3.05) is 0 Å². The molecule has 0 saturated carbocycles. The van der Waals surface area contributed by atoms with Crippen molar-refractivity contribution in [1.82, 2.24) is 0 Å². The second-order valence-corrected chi connectivity index (χ2v) is 3.87. The molecule has 2 unspecified atom stereocenters. The lowest BCUT2D eigenvalue weighted by molar-refractivity contribution is -0.401. The zero-order valence-corrected chi connectivity index (χ0v) is 7.85. The minimum atomic E-state index is -0.323. The molecule has 2 heteroatoms. The molecule has 2 aliphatic heterocycles. The van der Waals surface area contributed by atoms with E-state index in [9.17, 15) is 0 Å². The molecule has 1 aliphatic carbocycles. The lowest BCUT2D eigenvalue weighted by Gasteiger charge is -2.40. The van der Waals surface area contributed by atoms with Gasteiger partial charge in [0, 0.05) is 0 Å². The van der Waals surface area contributed by atoms with Crippen molar-refractivity contribution >= 4 is 0 Å². The number of hydrogen-bond acceptors (Lipinski definition) is 2. The van der Waals surface area contributed by atoms with Crippen LogP contribution in [0.25, 0.3) is 0 Å². The predicted molar refractivity (Wildman–Crippen MR) is 52.5 cm³/mol. The molecule has 0 amide bonds. The maximum absolute atomic E-state index is 5.46. The maximum atomic E-state index is 5.46. The Morgan fingerprint density at radius 2 is 2.07 bits per heavy atom. The van der Waals surface area contributed by atoms with Gasteiger partial charge < -0.3 is 0 Å². The molecular formula is C12H12O2. The highest BCUT2D eigenvalue weighted by atomic mass is 17.2. The molecule has 3 aliphatic rings. The van der Waals surface area contributed by atoms with Crippen molar-refractivity contribution in [2.45, 2.75) is 24.5 Å². The molecule has 0 aromatic heterocycles. The Labute approximate surface area is 83.1 Å². The molecule has 2 bridgehead atoms. The lowest BCUT2D eigenvalue weighted by atomic mass is 9.83. The van der Waals surface area contributed by atoms with Gasteiger partial charge in [-0.1, -0.05) is 36.4 Å². The van der Waals surface area contributed by atoms with Crippen LogP contribution in [0, 0.1) is 0 Å². The Morgan fingerprint density at radius 3 is 2.64 bits per heavy atom. The van der Waals surface area contributed by atoms with Crippen molar-refractivity contribution in [3.8, 4) is 0 Å². The molecule has 4 rings (SSSR count). The quantitative estimate of drug-likeness (QED) is 0.498. The van der Waals surface area contributed by atoms with E-state index in [0.29, 0.717) is 0 Å². The van der Waals surface area contributed by atoms with Crippen molar-refractivity contribution in [3.05, 3.63) is 48.0 Å². The van der Waals surface area contributed by atoms with Gasteiger partial charge >= 0.3 is 0 Å². The van der Waals surface area contributed by atoms with Gasteiger partial charge in [0.15, 0.2) is 0 Å². The Kier molecular flexibility index (Phi) is 1.72. The van der Waals surface area contributed by atoms with Gasteiger partial charge in [0.25, 0.3) is 0 Å². The summed E-state index contributed by atoms with van der Waals surface area (Å²) in [5.41, 5.74) is 0.852.